The van der Waals surface area contributed by atoms with E-state index in [0.29, 0.717) is 6.10 Å². The molecule has 1 heterocycles. The quantitative estimate of drug-likeness (QED) is 0.914. The molecular weight excluding hydrogens is 258 g/mol. The fraction of sp³-hybridized carbons (Fsp3) is 0.625. The van der Waals surface area contributed by atoms with Crippen LogP contribution in [0.2, 0.25) is 0 Å². The summed E-state index contributed by atoms with van der Waals surface area (Å²) in [4.78, 5) is 0. The fourth-order valence-corrected chi connectivity index (χ4v) is 2.28. The highest BCUT2D eigenvalue weighted by molar-refractivity contribution is 5.85. The SMILES string of the molecule is CC(C)(C)c1ccc(COC2CCCNC2)cc1.Cl. The molecule has 3 heteroatoms. The van der Waals surface area contributed by atoms with Crippen molar-refractivity contribution >= 4 is 12.4 Å². The Morgan fingerprint density at radius 3 is 2.42 bits per heavy atom. The van der Waals surface area contributed by atoms with Crippen LogP contribution in [0.3, 0.4) is 0 Å². The zero-order chi connectivity index (χ0) is 13.0. The topological polar surface area (TPSA) is 21.3 Å². The summed E-state index contributed by atoms with van der Waals surface area (Å²) in [5.74, 6) is 0. The van der Waals surface area contributed by atoms with Crippen LogP contribution in [-0.2, 0) is 16.8 Å². The number of hydrogen-bond donors (Lipinski definition) is 1. The molecule has 0 aliphatic carbocycles. The third-order valence-corrected chi connectivity index (χ3v) is 3.56. The van der Waals surface area contributed by atoms with Crippen LogP contribution in [0.25, 0.3) is 0 Å². The van der Waals surface area contributed by atoms with E-state index < -0.39 is 0 Å². The van der Waals surface area contributed by atoms with Crippen molar-refractivity contribution in [2.45, 2.75) is 51.7 Å². The Kier molecular flexibility index (Phi) is 6.31. The van der Waals surface area contributed by atoms with Crippen LogP contribution < -0.4 is 5.32 Å². The van der Waals surface area contributed by atoms with E-state index in [1.807, 2.05) is 0 Å². The van der Waals surface area contributed by atoms with E-state index in [2.05, 4.69) is 50.4 Å². The van der Waals surface area contributed by atoms with Gasteiger partial charge in [-0.1, -0.05) is 45.0 Å². The molecule has 19 heavy (non-hydrogen) atoms. The van der Waals surface area contributed by atoms with Crippen molar-refractivity contribution in [1.82, 2.24) is 5.32 Å². The molecule has 0 amide bonds. The molecule has 2 nitrogen and oxygen atoms in total. The number of piperidine rings is 1. The van der Waals surface area contributed by atoms with E-state index in [1.165, 1.54) is 24.0 Å². The average Bonchev–Trinajstić information content (AvgIpc) is 2.37. The van der Waals surface area contributed by atoms with E-state index in [4.69, 9.17) is 4.74 Å². The van der Waals surface area contributed by atoms with Crippen LogP contribution in [0, 0.1) is 0 Å². The van der Waals surface area contributed by atoms with Crippen molar-refractivity contribution in [3.05, 3.63) is 35.4 Å². The molecule has 108 valence electrons. The van der Waals surface area contributed by atoms with Gasteiger partial charge in [0.25, 0.3) is 0 Å². The summed E-state index contributed by atoms with van der Waals surface area (Å²) in [6, 6.07) is 8.82. The van der Waals surface area contributed by atoms with Gasteiger partial charge in [-0.3, -0.25) is 0 Å². The van der Waals surface area contributed by atoms with Gasteiger partial charge in [0.1, 0.15) is 0 Å². The summed E-state index contributed by atoms with van der Waals surface area (Å²) in [5.41, 5.74) is 2.88. The van der Waals surface area contributed by atoms with Crippen molar-refractivity contribution in [2.24, 2.45) is 0 Å². The van der Waals surface area contributed by atoms with Crippen molar-refractivity contribution in [3.8, 4) is 0 Å². The number of nitrogens with one attached hydrogen (secondary N) is 1. The average molecular weight is 284 g/mol. The molecule has 0 spiro atoms. The molecule has 1 saturated heterocycles. The van der Waals surface area contributed by atoms with Crippen LogP contribution in [0.15, 0.2) is 24.3 Å². The Labute approximate surface area is 123 Å². The van der Waals surface area contributed by atoms with Gasteiger partial charge in [-0.2, -0.15) is 0 Å². The Balaban J connectivity index is 0.00000180. The highest BCUT2D eigenvalue weighted by atomic mass is 35.5. The second-order valence-electron chi connectivity index (χ2n) is 6.23. The summed E-state index contributed by atoms with van der Waals surface area (Å²) in [7, 11) is 0. The minimum Gasteiger partial charge on any atom is -0.372 e. The minimum atomic E-state index is 0. The number of halogens is 1. The van der Waals surface area contributed by atoms with E-state index in [1.54, 1.807) is 0 Å². The molecule has 0 saturated carbocycles. The van der Waals surface area contributed by atoms with E-state index >= 15 is 0 Å². The summed E-state index contributed by atoms with van der Waals surface area (Å²) in [6.07, 6.45) is 2.81. The van der Waals surface area contributed by atoms with Crippen molar-refractivity contribution in [1.29, 1.82) is 0 Å². The predicted octanol–water partition coefficient (Wildman–Crippen LogP) is 3.67. The lowest BCUT2D eigenvalue weighted by atomic mass is 9.87. The molecule has 1 unspecified atom stereocenters. The molecule has 1 aliphatic rings. The van der Waals surface area contributed by atoms with Crippen LogP contribution in [0.4, 0.5) is 0 Å². The molecule has 1 atom stereocenters. The lowest BCUT2D eigenvalue weighted by Crippen LogP contribution is -2.35. The summed E-state index contributed by atoms with van der Waals surface area (Å²) in [5, 5.41) is 3.38. The molecule has 1 aromatic carbocycles. The van der Waals surface area contributed by atoms with Gasteiger partial charge < -0.3 is 10.1 Å². The third-order valence-electron chi connectivity index (χ3n) is 3.56. The minimum absolute atomic E-state index is 0. The molecule has 0 radical (unpaired) electrons. The molecule has 1 fully saturated rings. The zero-order valence-electron chi connectivity index (χ0n) is 12.2. The van der Waals surface area contributed by atoms with Gasteiger partial charge in [-0.05, 0) is 35.9 Å². The first kappa shape index (κ1) is 16.5. The van der Waals surface area contributed by atoms with Crippen LogP contribution in [-0.4, -0.2) is 19.2 Å². The van der Waals surface area contributed by atoms with E-state index in [0.717, 1.165) is 19.7 Å². The maximum Gasteiger partial charge on any atom is 0.0721 e. The van der Waals surface area contributed by atoms with Crippen molar-refractivity contribution in [2.75, 3.05) is 13.1 Å². The lowest BCUT2D eigenvalue weighted by molar-refractivity contribution is 0.0253. The standard InChI is InChI=1S/C16H25NO.ClH/c1-16(2,3)14-8-6-13(7-9-14)12-18-15-5-4-10-17-11-15;/h6-9,15,17H,4-5,10-12H2,1-3H3;1H. The summed E-state index contributed by atoms with van der Waals surface area (Å²) < 4.78 is 5.93. The third kappa shape index (κ3) is 5.13. The summed E-state index contributed by atoms with van der Waals surface area (Å²) >= 11 is 0. The van der Waals surface area contributed by atoms with Gasteiger partial charge in [0.2, 0.25) is 0 Å². The molecule has 1 aliphatic heterocycles. The molecular formula is C16H26ClNO. The first-order valence-corrected chi connectivity index (χ1v) is 6.97. The van der Waals surface area contributed by atoms with Crippen molar-refractivity contribution in [3.63, 3.8) is 0 Å². The Morgan fingerprint density at radius 2 is 1.89 bits per heavy atom. The zero-order valence-corrected chi connectivity index (χ0v) is 13.1. The molecule has 0 aromatic heterocycles. The van der Waals surface area contributed by atoms with Gasteiger partial charge in [-0.15, -0.1) is 12.4 Å². The van der Waals surface area contributed by atoms with Crippen LogP contribution in [0.1, 0.15) is 44.7 Å². The van der Waals surface area contributed by atoms with E-state index in [-0.39, 0.29) is 17.8 Å². The summed E-state index contributed by atoms with van der Waals surface area (Å²) in [6.45, 7) is 9.60. The lowest BCUT2D eigenvalue weighted by Gasteiger charge is -2.23. The monoisotopic (exact) mass is 283 g/mol. The van der Waals surface area contributed by atoms with Gasteiger partial charge >= 0.3 is 0 Å². The smallest absolute Gasteiger partial charge is 0.0721 e. The van der Waals surface area contributed by atoms with Crippen molar-refractivity contribution < 1.29 is 4.74 Å². The fourth-order valence-electron chi connectivity index (χ4n) is 2.28. The number of rotatable bonds is 3. The van der Waals surface area contributed by atoms with Gasteiger partial charge in [0.15, 0.2) is 0 Å². The Bertz CT molecular complexity index is 363. The highest BCUT2D eigenvalue weighted by Gasteiger charge is 2.14. The normalized spacial score (nSPS) is 19.8. The maximum absolute atomic E-state index is 5.93. The first-order valence-electron chi connectivity index (χ1n) is 6.97. The number of hydrogen-bond acceptors (Lipinski definition) is 2. The Morgan fingerprint density at radius 1 is 1.21 bits per heavy atom. The van der Waals surface area contributed by atoms with E-state index in [9.17, 15) is 0 Å². The van der Waals surface area contributed by atoms with Crippen LogP contribution in [0.5, 0.6) is 0 Å². The van der Waals surface area contributed by atoms with Gasteiger partial charge in [0.05, 0.1) is 12.7 Å². The van der Waals surface area contributed by atoms with Gasteiger partial charge in [-0.25, -0.2) is 0 Å². The largest absolute Gasteiger partial charge is 0.372 e. The second kappa shape index (κ2) is 7.28. The first-order chi connectivity index (χ1) is 8.55. The van der Waals surface area contributed by atoms with Gasteiger partial charge in [0, 0.05) is 6.54 Å². The predicted molar refractivity (Wildman–Crippen MR) is 83.1 cm³/mol. The second-order valence-corrected chi connectivity index (χ2v) is 6.23. The molecule has 1 N–H and O–H groups in total. The molecule has 1 aromatic rings. The molecule has 2 rings (SSSR count). The Hall–Kier alpha value is -0.570. The van der Waals surface area contributed by atoms with Crippen LogP contribution >= 0.6 is 12.4 Å². The number of benzene rings is 1. The highest BCUT2D eigenvalue weighted by Crippen LogP contribution is 2.22. The maximum atomic E-state index is 5.93. The molecule has 0 bridgehead atoms. The number of ether oxygens (including phenoxy) is 1.